The van der Waals surface area contributed by atoms with Gasteiger partial charge in [-0.25, -0.2) is 0 Å². The number of esters is 5. The summed E-state index contributed by atoms with van der Waals surface area (Å²) >= 11 is 0. The van der Waals surface area contributed by atoms with E-state index in [0.717, 1.165) is 16.5 Å². The fraction of sp³-hybridized carbons (Fsp3) is 0.552. The van der Waals surface area contributed by atoms with Crippen molar-refractivity contribution in [2.24, 2.45) is 0 Å². The second-order valence-electron chi connectivity index (χ2n) is 9.35. The third-order valence-corrected chi connectivity index (χ3v) is 6.48. The van der Waals surface area contributed by atoms with Gasteiger partial charge in [0.2, 0.25) is 12.4 Å². The van der Waals surface area contributed by atoms with Gasteiger partial charge in [-0.3, -0.25) is 24.0 Å². The Hall–Kier alpha value is -3.93. The van der Waals surface area contributed by atoms with Crippen LogP contribution in [0.4, 0.5) is 0 Å². The zero-order valence-electron chi connectivity index (χ0n) is 23.7. The Morgan fingerprint density at radius 3 is 1.95 bits per heavy atom. The van der Waals surface area contributed by atoms with Crippen molar-refractivity contribution in [1.29, 1.82) is 0 Å². The zero-order chi connectivity index (χ0) is 29.9. The summed E-state index contributed by atoms with van der Waals surface area (Å²) in [6, 6.07) is 7.65. The van der Waals surface area contributed by atoms with E-state index in [2.05, 4.69) is 4.98 Å². The maximum atomic E-state index is 13.0. The van der Waals surface area contributed by atoms with Crippen molar-refractivity contribution >= 4 is 40.7 Å². The first-order valence-corrected chi connectivity index (χ1v) is 13.8. The molecule has 0 amide bonds. The van der Waals surface area contributed by atoms with Crippen molar-refractivity contribution in [3.63, 3.8) is 0 Å². The third kappa shape index (κ3) is 8.53. The monoisotopic (exact) mass is 575 g/mol. The van der Waals surface area contributed by atoms with Crippen LogP contribution < -0.4 is 0 Å². The van der Waals surface area contributed by atoms with E-state index in [-0.39, 0.29) is 32.1 Å². The molecule has 0 radical (unpaired) electrons. The molecule has 1 fully saturated rings. The Morgan fingerprint density at radius 1 is 0.732 bits per heavy atom. The van der Waals surface area contributed by atoms with Gasteiger partial charge < -0.3 is 33.4 Å². The van der Waals surface area contributed by atoms with Gasteiger partial charge in [0.15, 0.2) is 12.2 Å². The molecule has 1 saturated heterocycles. The Morgan fingerprint density at radius 2 is 1.32 bits per heavy atom. The fourth-order valence-electron chi connectivity index (χ4n) is 4.26. The zero-order valence-corrected chi connectivity index (χ0v) is 23.7. The van der Waals surface area contributed by atoms with Crippen molar-refractivity contribution in [2.75, 3.05) is 6.61 Å². The quantitative estimate of drug-likeness (QED) is 0.276. The minimum absolute atomic E-state index is 0.0158. The molecule has 1 aromatic carbocycles. The summed E-state index contributed by atoms with van der Waals surface area (Å²) in [7, 11) is 0. The maximum Gasteiger partial charge on any atom is 0.308 e. The molecular weight excluding hydrogens is 538 g/mol. The van der Waals surface area contributed by atoms with E-state index in [9.17, 15) is 24.0 Å². The van der Waals surface area contributed by atoms with Crippen LogP contribution in [0.5, 0.6) is 0 Å². The number of para-hydroxylation sites is 1. The highest BCUT2D eigenvalue weighted by Gasteiger charge is 2.54. The number of nitrogens with one attached hydrogen (secondary N) is 1. The Bertz CT molecular complexity index is 1220. The second kappa shape index (κ2) is 15.2. The third-order valence-electron chi connectivity index (χ3n) is 6.48. The lowest BCUT2D eigenvalue weighted by Crippen LogP contribution is -2.63. The van der Waals surface area contributed by atoms with Gasteiger partial charge in [0, 0.05) is 49.2 Å². The summed E-state index contributed by atoms with van der Waals surface area (Å²) in [5.41, 5.74) is 1.83. The highest BCUT2D eigenvalue weighted by Crippen LogP contribution is 2.31. The van der Waals surface area contributed by atoms with Gasteiger partial charge in [-0.05, 0) is 18.1 Å². The molecule has 1 aliphatic rings. The number of aromatic amines is 1. The summed E-state index contributed by atoms with van der Waals surface area (Å²) in [4.78, 5) is 65.3. The van der Waals surface area contributed by atoms with Crippen LogP contribution in [0.15, 0.2) is 30.5 Å². The number of ether oxygens (including phenoxy) is 6. The molecule has 1 aromatic heterocycles. The van der Waals surface area contributed by atoms with Gasteiger partial charge in [-0.15, -0.1) is 0 Å². The second-order valence-corrected chi connectivity index (χ2v) is 9.35. The van der Waals surface area contributed by atoms with E-state index in [4.69, 9.17) is 28.4 Å². The minimum Gasteiger partial charge on any atom is -0.463 e. The van der Waals surface area contributed by atoms with E-state index in [1.165, 1.54) is 0 Å². The first-order chi connectivity index (χ1) is 19.7. The van der Waals surface area contributed by atoms with Crippen molar-refractivity contribution in [2.45, 2.75) is 96.9 Å². The molecule has 41 heavy (non-hydrogen) atoms. The predicted molar refractivity (Wildman–Crippen MR) is 143 cm³/mol. The molecule has 2 aromatic rings. The van der Waals surface area contributed by atoms with Crippen LogP contribution in [0.3, 0.4) is 0 Å². The first-order valence-electron chi connectivity index (χ1n) is 13.8. The van der Waals surface area contributed by atoms with E-state index >= 15 is 0 Å². The molecule has 3 rings (SSSR count). The van der Waals surface area contributed by atoms with Crippen LogP contribution >= 0.6 is 0 Å². The van der Waals surface area contributed by atoms with E-state index in [0.29, 0.717) is 6.42 Å². The van der Waals surface area contributed by atoms with Crippen molar-refractivity contribution in [3.8, 4) is 0 Å². The summed E-state index contributed by atoms with van der Waals surface area (Å²) in [5, 5.41) is 0.967. The topological polar surface area (TPSA) is 157 Å². The van der Waals surface area contributed by atoms with Gasteiger partial charge >= 0.3 is 29.8 Å². The van der Waals surface area contributed by atoms with Crippen LogP contribution in [0.1, 0.15) is 65.4 Å². The van der Waals surface area contributed by atoms with Gasteiger partial charge in [0.25, 0.3) is 0 Å². The number of benzene rings is 1. The van der Waals surface area contributed by atoms with Crippen LogP contribution in [0.2, 0.25) is 0 Å². The summed E-state index contributed by atoms with van der Waals surface area (Å²) in [5.74, 6) is -3.25. The number of hydrogen-bond acceptors (Lipinski definition) is 11. The average Bonchev–Trinajstić information content (AvgIpc) is 3.40. The molecule has 0 unspecified atom stereocenters. The van der Waals surface area contributed by atoms with E-state index < -0.39 is 67.2 Å². The Balaban J connectivity index is 1.88. The van der Waals surface area contributed by atoms with Crippen molar-refractivity contribution < 1.29 is 52.4 Å². The van der Waals surface area contributed by atoms with E-state index in [1.807, 2.05) is 30.5 Å². The Labute approximate surface area is 237 Å². The highest BCUT2D eigenvalue weighted by atomic mass is 16.7. The standard InChI is InChI=1S/C29H37NO11/c1-5-21(31)36-16-20-26(38-22(32)6-2)27(39-23(33)7-3)28(40-24(34)8-4)29(37-20)41-25(35)14-13-17-15-30-19-12-10-9-11-18(17)19/h9-12,15,20,26-30H,5-8,13-14,16H2,1-4H3/t20-,26-,27+,28-,29-/m1/s1. The maximum absolute atomic E-state index is 13.0. The number of aromatic nitrogens is 1. The lowest BCUT2D eigenvalue weighted by Gasteiger charge is -2.43. The Kier molecular flexibility index (Phi) is 11.7. The van der Waals surface area contributed by atoms with E-state index in [1.54, 1.807) is 27.7 Å². The molecule has 224 valence electrons. The molecule has 1 aliphatic heterocycles. The summed E-state index contributed by atoms with van der Waals surface area (Å²) < 4.78 is 33.5. The van der Waals surface area contributed by atoms with Crippen LogP contribution in [-0.4, -0.2) is 72.1 Å². The molecule has 0 saturated carbocycles. The van der Waals surface area contributed by atoms with Crippen LogP contribution in [-0.2, 0) is 58.8 Å². The lowest BCUT2D eigenvalue weighted by molar-refractivity contribution is -0.301. The SMILES string of the molecule is CCC(=O)OC[C@H]1O[C@H](OC(=O)CCc2c[nH]c3ccccc23)[C@H](OC(=O)CC)[C@@H](OC(=O)CC)[C@@H]1OC(=O)CC. The number of H-pyrrole nitrogens is 1. The first kappa shape index (κ1) is 31.6. The molecular formula is C29H37NO11. The number of carbonyl (C=O) groups is 5. The highest BCUT2D eigenvalue weighted by molar-refractivity contribution is 5.83. The number of fused-ring (bicyclic) bond motifs is 1. The van der Waals surface area contributed by atoms with Crippen LogP contribution in [0.25, 0.3) is 10.9 Å². The minimum atomic E-state index is -1.54. The van der Waals surface area contributed by atoms with Gasteiger partial charge in [-0.1, -0.05) is 45.9 Å². The van der Waals surface area contributed by atoms with Crippen LogP contribution in [0, 0.1) is 0 Å². The van der Waals surface area contributed by atoms with Gasteiger partial charge in [0.1, 0.15) is 12.7 Å². The van der Waals surface area contributed by atoms with Gasteiger partial charge in [0.05, 0.1) is 0 Å². The lowest BCUT2D eigenvalue weighted by atomic mass is 9.98. The van der Waals surface area contributed by atoms with Crippen molar-refractivity contribution in [1.82, 2.24) is 4.98 Å². The summed E-state index contributed by atoms with van der Waals surface area (Å²) in [6.07, 6.45) is -4.82. The normalized spacial score (nSPS) is 22.0. The largest absolute Gasteiger partial charge is 0.463 e. The molecule has 5 atom stereocenters. The molecule has 0 bridgehead atoms. The fourth-order valence-corrected chi connectivity index (χ4v) is 4.26. The summed E-state index contributed by atoms with van der Waals surface area (Å²) in [6.45, 7) is 5.89. The number of carbonyl (C=O) groups excluding carboxylic acids is 5. The molecule has 12 heteroatoms. The average molecular weight is 576 g/mol. The number of rotatable bonds is 13. The molecule has 0 spiro atoms. The molecule has 2 heterocycles. The number of aryl methyl sites for hydroxylation is 1. The van der Waals surface area contributed by atoms with Crippen molar-refractivity contribution in [3.05, 3.63) is 36.0 Å². The number of hydrogen-bond donors (Lipinski definition) is 1. The molecule has 0 aliphatic carbocycles. The van der Waals surface area contributed by atoms with Gasteiger partial charge in [-0.2, -0.15) is 0 Å². The smallest absolute Gasteiger partial charge is 0.308 e. The predicted octanol–water partition coefficient (Wildman–Crippen LogP) is 3.29. The molecule has 12 nitrogen and oxygen atoms in total. The molecule has 1 N–H and O–H groups in total.